The number of hydrogen-bond donors (Lipinski definition) is 0. The standard InChI is InChI=1S/C25H26N4O4S/c1-15-7-12-21(13-16(15)2)34(31,32)29(6)19-8-10-20(11-9-19)33-25(30)22-14-17(3)26-24-23(22)18(4)27-28(24)5/h7-14H,1-6H3. The second-order valence-corrected chi connectivity index (χ2v) is 10.3. The molecule has 0 aliphatic heterocycles. The number of aryl methyl sites for hydroxylation is 5. The molecule has 4 rings (SSSR count). The molecule has 0 saturated heterocycles. The minimum atomic E-state index is -3.73. The highest BCUT2D eigenvalue weighted by molar-refractivity contribution is 7.92. The van der Waals surface area contributed by atoms with Gasteiger partial charge in [-0.1, -0.05) is 6.07 Å². The van der Waals surface area contributed by atoms with Crippen molar-refractivity contribution in [3.8, 4) is 5.75 Å². The van der Waals surface area contributed by atoms with Crippen LogP contribution in [0.15, 0.2) is 53.4 Å². The van der Waals surface area contributed by atoms with E-state index in [1.54, 1.807) is 67.2 Å². The van der Waals surface area contributed by atoms with E-state index in [0.717, 1.165) is 11.1 Å². The van der Waals surface area contributed by atoms with Gasteiger partial charge in [-0.2, -0.15) is 5.10 Å². The van der Waals surface area contributed by atoms with Crippen LogP contribution >= 0.6 is 0 Å². The van der Waals surface area contributed by atoms with Crippen LogP contribution in [-0.4, -0.2) is 36.2 Å². The van der Waals surface area contributed by atoms with Crippen LogP contribution in [0.2, 0.25) is 0 Å². The summed E-state index contributed by atoms with van der Waals surface area (Å²) < 4.78 is 34.6. The van der Waals surface area contributed by atoms with Gasteiger partial charge in [0.1, 0.15) is 5.75 Å². The summed E-state index contributed by atoms with van der Waals surface area (Å²) in [6, 6.07) is 13.1. The van der Waals surface area contributed by atoms with Gasteiger partial charge in [0.15, 0.2) is 5.65 Å². The average molecular weight is 479 g/mol. The largest absolute Gasteiger partial charge is 0.423 e. The molecular weight excluding hydrogens is 452 g/mol. The maximum atomic E-state index is 13.1. The molecule has 0 amide bonds. The number of fused-ring (bicyclic) bond motifs is 1. The maximum absolute atomic E-state index is 13.1. The van der Waals surface area contributed by atoms with Crippen LogP contribution in [0.1, 0.15) is 32.9 Å². The van der Waals surface area contributed by atoms with E-state index < -0.39 is 16.0 Å². The normalized spacial score (nSPS) is 11.6. The zero-order chi connectivity index (χ0) is 24.8. The number of sulfonamides is 1. The number of ether oxygens (including phenoxy) is 1. The number of rotatable bonds is 5. The van der Waals surface area contributed by atoms with E-state index in [1.807, 2.05) is 20.8 Å². The highest BCUT2D eigenvalue weighted by atomic mass is 32.2. The van der Waals surface area contributed by atoms with Gasteiger partial charge < -0.3 is 4.74 Å². The second-order valence-electron chi connectivity index (χ2n) is 8.32. The summed E-state index contributed by atoms with van der Waals surface area (Å²) in [7, 11) is -0.463. The van der Waals surface area contributed by atoms with E-state index in [9.17, 15) is 13.2 Å². The van der Waals surface area contributed by atoms with E-state index in [-0.39, 0.29) is 4.90 Å². The first-order chi connectivity index (χ1) is 16.0. The molecule has 8 nitrogen and oxygen atoms in total. The van der Waals surface area contributed by atoms with Gasteiger partial charge in [0.2, 0.25) is 0 Å². The zero-order valence-electron chi connectivity index (χ0n) is 19.9. The fraction of sp³-hybridized carbons (Fsp3) is 0.240. The summed E-state index contributed by atoms with van der Waals surface area (Å²) in [5.74, 6) is -0.231. The van der Waals surface area contributed by atoms with Crippen molar-refractivity contribution >= 4 is 32.7 Å². The Kier molecular flexibility index (Phi) is 5.91. The first kappa shape index (κ1) is 23.4. The SMILES string of the molecule is Cc1cc(C(=O)Oc2ccc(N(C)S(=O)(=O)c3ccc(C)c(C)c3)cc2)c2c(C)nn(C)c2n1. The van der Waals surface area contributed by atoms with Crippen LogP contribution in [0, 0.1) is 27.7 Å². The van der Waals surface area contributed by atoms with Crippen LogP contribution in [0.3, 0.4) is 0 Å². The van der Waals surface area contributed by atoms with Crippen LogP contribution in [0.5, 0.6) is 5.75 Å². The number of esters is 1. The number of aromatic nitrogens is 3. The molecule has 0 saturated carbocycles. The van der Waals surface area contributed by atoms with E-state index in [1.165, 1.54) is 11.4 Å². The topological polar surface area (TPSA) is 94.4 Å². The third-order valence-electron chi connectivity index (χ3n) is 5.86. The summed E-state index contributed by atoms with van der Waals surface area (Å²) in [6.07, 6.45) is 0. The number of hydrogen-bond acceptors (Lipinski definition) is 6. The van der Waals surface area contributed by atoms with Crippen molar-refractivity contribution in [1.82, 2.24) is 14.8 Å². The quantitative estimate of drug-likeness (QED) is 0.314. The summed E-state index contributed by atoms with van der Waals surface area (Å²) >= 11 is 0. The van der Waals surface area contributed by atoms with E-state index >= 15 is 0 Å². The first-order valence-corrected chi connectivity index (χ1v) is 12.1. The van der Waals surface area contributed by atoms with Crippen LogP contribution in [0.4, 0.5) is 5.69 Å². The highest BCUT2D eigenvalue weighted by Gasteiger charge is 2.23. The summed E-state index contributed by atoms with van der Waals surface area (Å²) in [5, 5.41) is 5.00. The third-order valence-corrected chi connectivity index (χ3v) is 7.65. The van der Waals surface area contributed by atoms with E-state index in [0.29, 0.717) is 39.4 Å². The molecule has 0 aliphatic rings. The lowest BCUT2D eigenvalue weighted by Gasteiger charge is -2.20. The molecule has 0 radical (unpaired) electrons. The molecule has 176 valence electrons. The molecule has 0 unspecified atom stereocenters. The number of benzene rings is 2. The van der Waals surface area contributed by atoms with Crippen LogP contribution < -0.4 is 9.04 Å². The van der Waals surface area contributed by atoms with Gasteiger partial charge in [0.25, 0.3) is 10.0 Å². The van der Waals surface area contributed by atoms with E-state index in [4.69, 9.17) is 4.74 Å². The Morgan fingerprint density at radius 3 is 2.29 bits per heavy atom. The number of anilines is 1. The smallest absolute Gasteiger partial charge is 0.344 e. The lowest BCUT2D eigenvalue weighted by atomic mass is 10.1. The van der Waals surface area contributed by atoms with Crippen molar-refractivity contribution in [2.75, 3.05) is 11.4 Å². The Balaban J connectivity index is 1.58. The Labute approximate surface area is 198 Å². The van der Waals surface area contributed by atoms with Crippen molar-refractivity contribution < 1.29 is 17.9 Å². The summed E-state index contributed by atoms with van der Waals surface area (Å²) in [6.45, 7) is 7.43. The number of pyridine rings is 1. The van der Waals surface area contributed by atoms with Crippen LogP contribution in [0.25, 0.3) is 11.0 Å². The third kappa shape index (κ3) is 4.14. The minimum Gasteiger partial charge on any atom is -0.423 e. The fourth-order valence-corrected chi connectivity index (χ4v) is 5.07. The molecule has 2 aromatic carbocycles. The van der Waals surface area contributed by atoms with Crippen molar-refractivity contribution in [1.29, 1.82) is 0 Å². The molecule has 0 fully saturated rings. The monoisotopic (exact) mass is 478 g/mol. The molecule has 0 aliphatic carbocycles. The maximum Gasteiger partial charge on any atom is 0.344 e. The average Bonchev–Trinajstić information content (AvgIpc) is 3.08. The predicted octanol–water partition coefficient (Wildman–Crippen LogP) is 4.25. The molecular formula is C25H26N4O4S. The lowest BCUT2D eigenvalue weighted by Crippen LogP contribution is -2.26. The fourth-order valence-electron chi connectivity index (χ4n) is 3.79. The Morgan fingerprint density at radius 2 is 1.65 bits per heavy atom. The Hall–Kier alpha value is -3.72. The number of nitrogens with zero attached hydrogens (tertiary/aromatic N) is 4. The van der Waals surface area contributed by atoms with Gasteiger partial charge in [0, 0.05) is 19.8 Å². The zero-order valence-corrected chi connectivity index (χ0v) is 20.8. The van der Waals surface area contributed by atoms with Gasteiger partial charge in [-0.05, 0) is 81.3 Å². The van der Waals surface area contributed by atoms with Crippen LogP contribution in [-0.2, 0) is 17.1 Å². The molecule has 0 N–H and O–H groups in total. The van der Waals surface area contributed by atoms with Crippen molar-refractivity contribution in [3.05, 3.63) is 76.6 Å². The highest BCUT2D eigenvalue weighted by Crippen LogP contribution is 2.27. The first-order valence-electron chi connectivity index (χ1n) is 10.7. The minimum absolute atomic E-state index is 0.220. The van der Waals surface area contributed by atoms with Gasteiger partial charge in [-0.15, -0.1) is 0 Å². The van der Waals surface area contributed by atoms with Gasteiger partial charge in [0.05, 0.1) is 27.2 Å². The molecule has 0 atom stereocenters. The molecule has 0 spiro atoms. The van der Waals surface area contributed by atoms with Gasteiger partial charge >= 0.3 is 5.97 Å². The Morgan fingerprint density at radius 1 is 0.971 bits per heavy atom. The van der Waals surface area contributed by atoms with E-state index in [2.05, 4.69) is 10.1 Å². The summed E-state index contributed by atoms with van der Waals surface area (Å²) in [5.41, 5.74) is 4.73. The van der Waals surface area contributed by atoms with Crippen molar-refractivity contribution in [2.45, 2.75) is 32.6 Å². The predicted molar refractivity (Wildman–Crippen MR) is 131 cm³/mol. The molecule has 2 aromatic heterocycles. The van der Waals surface area contributed by atoms with Crippen molar-refractivity contribution in [2.24, 2.45) is 7.05 Å². The molecule has 4 aromatic rings. The summed E-state index contributed by atoms with van der Waals surface area (Å²) in [4.78, 5) is 17.7. The molecule has 9 heteroatoms. The van der Waals surface area contributed by atoms with Crippen molar-refractivity contribution in [3.63, 3.8) is 0 Å². The molecule has 0 bridgehead atoms. The lowest BCUT2D eigenvalue weighted by molar-refractivity contribution is 0.0736. The second kappa shape index (κ2) is 8.57. The number of carbonyl (C=O) groups is 1. The van der Waals surface area contributed by atoms with Gasteiger partial charge in [-0.25, -0.2) is 18.2 Å². The Bertz CT molecular complexity index is 1520. The molecule has 2 heterocycles. The van der Waals surface area contributed by atoms with Gasteiger partial charge in [-0.3, -0.25) is 8.99 Å². The number of carbonyl (C=O) groups excluding carboxylic acids is 1. The molecule has 34 heavy (non-hydrogen) atoms.